The number of rotatable bonds is 1. The molecule has 1 aromatic carbocycles. The average Bonchev–Trinajstić information content (AvgIpc) is 2.20. The molecule has 0 fully saturated rings. The highest BCUT2D eigenvalue weighted by Gasteiger charge is 2.22. The monoisotopic (exact) mass is 305 g/mol. The van der Waals surface area contributed by atoms with Crippen LogP contribution in [0.4, 0.5) is 0 Å². The number of hydrogen-bond donors (Lipinski definition) is 1. The Bertz CT molecular complexity index is 354. The highest BCUT2D eigenvalue weighted by molar-refractivity contribution is 14.1. The van der Waals surface area contributed by atoms with Gasteiger partial charge >= 0.3 is 0 Å². The molecule has 2 rings (SSSR count). The zero-order chi connectivity index (χ0) is 10.1. The van der Waals surface area contributed by atoms with Crippen LogP contribution in [0.25, 0.3) is 0 Å². The van der Waals surface area contributed by atoms with E-state index in [0.717, 1.165) is 27.1 Å². The molecule has 3 nitrogen and oxygen atoms in total. The molecular formula is C10H12INO2. The summed E-state index contributed by atoms with van der Waals surface area (Å²) in [5.74, 6) is 1.74. The summed E-state index contributed by atoms with van der Waals surface area (Å²) in [7, 11) is 1.66. The number of hydrogen-bond acceptors (Lipinski definition) is 3. The molecule has 0 spiro atoms. The number of fused-ring (bicyclic) bond motifs is 1. The lowest BCUT2D eigenvalue weighted by molar-refractivity contribution is 0.264. The molecule has 0 bridgehead atoms. The van der Waals surface area contributed by atoms with Crippen molar-refractivity contribution >= 4 is 22.6 Å². The highest BCUT2D eigenvalue weighted by Crippen LogP contribution is 2.39. The van der Waals surface area contributed by atoms with Gasteiger partial charge in [-0.25, -0.2) is 0 Å². The van der Waals surface area contributed by atoms with E-state index < -0.39 is 0 Å². The van der Waals surface area contributed by atoms with Crippen molar-refractivity contribution in [3.05, 3.63) is 21.3 Å². The Morgan fingerprint density at radius 1 is 1.57 bits per heavy atom. The minimum absolute atomic E-state index is 0.0955. The molecule has 0 amide bonds. The summed E-state index contributed by atoms with van der Waals surface area (Å²) in [6.45, 7) is 0.692. The Kier molecular flexibility index (Phi) is 2.83. The van der Waals surface area contributed by atoms with Crippen molar-refractivity contribution in [3.63, 3.8) is 0 Å². The topological polar surface area (TPSA) is 44.5 Å². The predicted molar refractivity (Wildman–Crippen MR) is 62.8 cm³/mol. The van der Waals surface area contributed by atoms with Gasteiger partial charge in [0.1, 0.15) is 11.5 Å². The molecular weight excluding hydrogens is 293 g/mol. The molecule has 2 N–H and O–H groups in total. The fourth-order valence-electron chi connectivity index (χ4n) is 1.59. The Labute approximate surface area is 96.7 Å². The number of halogens is 1. The Morgan fingerprint density at radius 3 is 3.07 bits per heavy atom. The first kappa shape index (κ1) is 10.0. The average molecular weight is 305 g/mol. The lowest BCUT2D eigenvalue weighted by atomic mass is 10.0. The number of nitrogens with two attached hydrogens (primary N) is 1. The largest absolute Gasteiger partial charge is 0.496 e. The molecule has 1 aliphatic heterocycles. The second kappa shape index (κ2) is 3.94. The number of ether oxygens (including phenoxy) is 2. The van der Waals surface area contributed by atoms with Gasteiger partial charge in [-0.15, -0.1) is 0 Å². The second-order valence-corrected chi connectivity index (χ2v) is 4.32. The van der Waals surface area contributed by atoms with Crippen molar-refractivity contribution in [1.29, 1.82) is 0 Å². The zero-order valence-electron chi connectivity index (χ0n) is 7.92. The van der Waals surface area contributed by atoms with Crippen molar-refractivity contribution in [3.8, 4) is 11.5 Å². The maximum absolute atomic E-state index is 5.98. The van der Waals surface area contributed by atoms with E-state index in [4.69, 9.17) is 15.2 Å². The van der Waals surface area contributed by atoms with Gasteiger partial charge < -0.3 is 15.2 Å². The first-order chi connectivity index (χ1) is 6.74. The van der Waals surface area contributed by atoms with Crippen LogP contribution in [0.15, 0.2) is 12.1 Å². The number of benzene rings is 1. The van der Waals surface area contributed by atoms with Gasteiger partial charge in [-0.2, -0.15) is 0 Å². The molecule has 1 aliphatic rings. The third kappa shape index (κ3) is 1.56. The summed E-state index contributed by atoms with van der Waals surface area (Å²) in [5.41, 5.74) is 7.07. The standard InChI is InChI=1S/C10H12INO2/c1-13-8-3-2-6-7(12)4-5-14-10(6)9(8)11/h2-3,7H,4-5,12H2,1H3/t7-/m1/s1. The third-order valence-electron chi connectivity index (χ3n) is 2.39. The smallest absolute Gasteiger partial charge is 0.141 e. The van der Waals surface area contributed by atoms with E-state index in [2.05, 4.69) is 22.6 Å². The van der Waals surface area contributed by atoms with Gasteiger partial charge in [-0.05, 0) is 34.7 Å². The summed E-state index contributed by atoms with van der Waals surface area (Å²) in [6.07, 6.45) is 0.884. The molecule has 1 heterocycles. The molecule has 0 radical (unpaired) electrons. The molecule has 0 saturated carbocycles. The molecule has 0 saturated heterocycles. The van der Waals surface area contributed by atoms with Gasteiger partial charge in [0.05, 0.1) is 17.3 Å². The Balaban J connectivity index is 2.52. The fourth-order valence-corrected chi connectivity index (χ4v) is 2.46. The van der Waals surface area contributed by atoms with E-state index in [1.807, 2.05) is 12.1 Å². The summed E-state index contributed by atoms with van der Waals surface area (Å²) in [5, 5.41) is 0. The molecule has 14 heavy (non-hydrogen) atoms. The van der Waals surface area contributed by atoms with Crippen LogP contribution in [0.1, 0.15) is 18.0 Å². The Hall–Kier alpha value is -0.490. The van der Waals surface area contributed by atoms with Crippen LogP contribution in [-0.4, -0.2) is 13.7 Å². The van der Waals surface area contributed by atoms with Crippen molar-refractivity contribution in [2.24, 2.45) is 5.73 Å². The van der Waals surface area contributed by atoms with Gasteiger partial charge in [0.2, 0.25) is 0 Å². The summed E-state index contributed by atoms with van der Waals surface area (Å²) in [6, 6.07) is 4.02. The Morgan fingerprint density at radius 2 is 2.36 bits per heavy atom. The first-order valence-corrected chi connectivity index (χ1v) is 5.56. The molecule has 1 aromatic rings. The van der Waals surface area contributed by atoms with Crippen LogP contribution >= 0.6 is 22.6 Å². The fraction of sp³-hybridized carbons (Fsp3) is 0.400. The van der Waals surface area contributed by atoms with E-state index in [0.29, 0.717) is 6.61 Å². The van der Waals surface area contributed by atoms with Crippen molar-refractivity contribution in [1.82, 2.24) is 0 Å². The maximum atomic E-state index is 5.98. The van der Waals surface area contributed by atoms with Gasteiger partial charge in [-0.3, -0.25) is 0 Å². The maximum Gasteiger partial charge on any atom is 0.141 e. The van der Waals surface area contributed by atoms with E-state index in [-0.39, 0.29) is 6.04 Å². The van der Waals surface area contributed by atoms with Crippen molar-refractivity contribution < 1.29 is 9.47 Å². The van der Waals surface area contributed by atoms with Crippen LogP contribution in [0.2, 0.25) is 0 Å². The lowest BCUT2D eigenvalue weighted by Crippen LogP contribution is -2.21. The summed E-state index contributed by atoms with van der Waals surface area (Å²) < 4.78 is 11.8. The minimum atomic E-state index is 0.0955. The highest BCUT2D eigenvalue weighted by atomic mass is 127. The van der Waals surface area contributed by atoms with E-state index in [9.17, 15) is 0 Å². The van der Waals surface area contributed by atoms with Gasteiger partial charge in [0.25, 0.3) is 0 Å². The quantitative estimate of drug-likeness (QED) is 0.808. The third-order valence-corrected chi connectivity index (χ3v) is 3.41. The van der Waals surface area contributed by atoms with Crippen LogP contribution in [0.5, 0.6) is 11.5 Å². The van der Waals surface area contributed by atoms with Crippen molar-refractivity contribution in [2.45, 2.75) is 12.5 Å². The van der Waals surface area contributed by atoms with Gasteiger partial charge in [0, 0.05) is 18.0 Å². The van der Waals surface area contributed by atoms with E-state index >= 15 is 0 Å². The van der Waals surface area contributed by atoms with Crippen LogP contribution in [0, 0.1) is 3.57 Å². The van der Waals surface area contributed by atoms with Crippen LogP contribution in [0.3, 0.4) is 0 Å². The molecule has 76 valence electrons. The first-order valence-electron chi connectivity index (χ1n) is 4.49. The van der Waals surface area contributed by atoms with Crippen LogP contribution in [-0.2, 0) is 0 Å². The van der Waals surface area contributed by atoms with Crippen molar-refractivity contribution in [2.75, 3.05) is 13.7 Å². The van der Waals surface area contributed by atoms with Gasteiger partial charge in [0.15, 0.2) is 0 Å². The lowest BCUT2D eigenvalue weighted by Gasteiger charge is -2.24. The molecule has 1 atom stereocenters. The SMILES string of the molecule is COc1ccc2c(c1I)OCC[C@H]2N. The van der Waals surface area contributed by atoms with Crippen LogP contribution < -0.4 is 15.2 Å². The second-order valence-electron chi connectivity index (χ2n) is 3.24. The number of methoxy groups -OCH3 is 1. The molecule has 4 heteroatoms. The molecule has 0 unspecified atom stereocenters. The minimum Gasteiger partial charge on any atom is -0.496 e. The van der Waals surface area contributed by atoms with E-state index in [1.165, 1.54) is 0 Å². The zero-order valence-corrected chi connectivity index (χ0v) is 10.1. The molecule has 0 aromatic heterocycles. The summed E-state index contributed by atoms with van der Waals surface area (Å²) >= 11 is 2.23. The van der Waals surface area contributed by atoms with E-state index in [1.54, 1.807) is 7.11 Å². The predicted octanol–water partition coefficient (Wildman–Crippen LogP) is 2.08. The van der Waals surface area contributed by atoms with Gasteiger partial charge in [-0.1, -0.05) is 0 Å². The molecule has 0 aliphatic carbocycles. The summed E-state index contributed by atoms with van der Waals surface area (Å²) in [4.78, 5) is 0. The normalized spacial score (nSPS) is 19.8.